The van der Waals surface area contributed by atoms with E-state index in [1.807, 2.05) is 6.20 Å². The third kappa shape index (κ3) is 5.73. The summed E-state index contributed by atoms with van der Waals surface area (Å²) in [5, 5.41) is 6.69. The molecule has 23 heavy (non-hydrogen) atoms. The Labute approximate surface area is 140 Å². The van der Waals surface area contributed by atoms with Gasteiger partial charge in [0.05, 0.1) is 0 Å². The van der Waals surface area contributed by atoms with Crippen molar-refractivity contribution in [3.63, 3.8) is 0 Å². The number of nitrogens with one attached hydrogen (secondary N) is 2. The smallest absolute Gasteiger partial charge is 0.191 e. The third-order valence-corrected chi connectivity index (χ3v) is 4.09. The molecule has 1 fully saturated rings. The molecule has 1 aromatic rings. The third-order valence-electron chi connectivity index (χ3n) is 4.09. The van der Waals surface area contributed by atoms with Gasteiger partial charge in [0.1, 0.15) is 5.82 Å². The fourth-order valence-corrected chi connectivity index (χ4v) is 2.67. The number of aliphatic imine (C=N–C) groups is 1. The van der Waals surface area contributed by atoms with Gasteiger partial charge in [-0.1, -0.05) is 13.0 Å². The molecule has 1 aliphatic rings. The summed E-state index contributed by atoms with van der Waals surface area (Å²) >= 11 is 0. The van der Waals surface area contributed by atoms with Crippen LogP contribution < -0.4 is 15.5 Å². The van der Waals surface area contributed by atoms with Crippen molar-refractivity contribution in [2.24, 2.45) is 10.9 Å². The van der Waals surface area contributed by atoms with Crippen LogP contribution >= 0.6 is 0 Å². The van der Waals surface area contributed by atoms with Gasteiger partial charge < -0.3 is 15.5 Å². The monoisotopic (exact) mass is 317 g/mol. The number of pyridine rings is 1. The van der Waals surface area contributed by atoms with Crippen LogP contribution in [-0.2, 0) is 6.54 Å². The minimum atomic E-state index is -0.00461. The second kappa shape index (κ2) is 7.66. The van der Waals surface area contributed by atoms with Crippen LogP contribution in [0.15, 0.2) is 23.3 Å². The predicted octanol–water partition coefficient (Wildman–Crippen LogP) is 2.78. The molecule has 0 amide bonds. The zero-order chi connectivity index (χ0) is 16.9. The Morgan fingerprint density at radius 1 is 1.30 bits per heavy atom. The van der Waals surface area contributed by atoms with Gasteiger partial charge in [0.15, 0.2) is 5.96 Å². The minimum absolute atomic E-state index is 0.00461. The number of guanidine groups is 1. The van der Waals surface area contributed by atoms with E-state index in [0.717, 1.165) is 42.9 Å². The van der Waals surface area contributed by atoms with E-state index in [-0.39, 0.29) is 5.54 Å². The molecule has 5 heteroatoms. The quantitative estimate of drug-likeness (QED) is 0.665. The number of rotatable bonds is 3. The van der Waals surface area contributed by atoms with Gasteiger partial charge in [-0.05, 0) is 51.2 Å². The van der Waals surface area contributed by atoms with Gasteiger partial charge in [-0.3, -0.25) is 4.99 Å². The van der Waals surface area contributed by atoms with Gasteiger partial charge >= 0.3 is 0 Å². The summed E-state index contributed by atoms with van der Waals surface area (Å²) in [6, 6.07) is 4.28. The number of nitrogens with zero attached hydrogens (tertiary/aromatic N) is 3. The van der Waals surface area contributed by atoms with E-state index in [9.17, 15) is 0 Å². The molecule has 0 atom stereocenters. The molecule has 2 rings (SSSR count). The molecule has 128 valence electrons. The zero-order valence-electron chi connectivity index (χ0n) is 15.2. The minimum Gasteiger partial charge on any atom is -0.357 e. The van der Waals surface area contributed by atoms with Gasteiger partial charge in [-0.15, -0.1) is 0 Å². The average molecular weight is 317 g/mol. The Morgan fingerprint density at radius 3 is 2.52 bits per heavy atom. The molecule has 1 saturated heterocycles. The van der Waals surface area contributed by atoms with E-state index in [1.54, 1.807) is 7.05 Å². The molecule has 2 heterocycles. The summed E-state index contributed by atoms with van der Waals surface area (Å²) in [4.78, 5) is 11.3. The molecule has 0 unspecified atom stereocenters. The van der Waals surface area contributed by atoms with Crippen LogP contribution in [-0.4, -0.2) is 36.6 Å². The summed E-state index contributed by atoms with van der Waals surface area (Å²) in [5.74, 6) is 2.75. The van der Waals surface area contributed by atoms with Gasteiger partial charge in [-0.2, -0.15) is 0 Å². The van der Waals surface area contributed by atoms with E-state index in [4.69, 9.17) is 0 Å². The Hall–Kier alpha value is -1.78. The second-order valence-corrected chi connectivity index (χ2v) is 7.49. The van der Waals surface area contributed by atoms with Crippen LogP contribution in [0.1, 0.15) is 46.1 Å². The number of aromatic nitrogens is 1. The first-order chi connectivity index (χ1) is 10.9. The van der Waals surface area contributed by atoms with Crippen molar-refractivity contribution in [3.8, 4) is 0 Å². The van der Waals surface area contributed by atoms with Gasteiger partial charge in [0, 0.05) is 38.4 Å². The van der Waals surface area contributed by atoms with Crippen molar-refractivity contribution in [1.29, 1.82) is 0 Å². The zero-order valence-corrected chi connectivity index (χ0v) is 15.2. The molecule has 2 N–H and O–H groups in total. The molecule has 0 aromatic carbocycles. The summed E-state index contributed by atoms with van der Waals surface area (Å²) in [7, 11) is 1.79. The van der Waals surface area contributed by atoms with Gasteiger partial charge in [-0.25, -0.2) is 4.98 Å². The summed E-state index contributed by atoms with van der Waals surface area (Å²) in [5.41, 5.74) is 1.16. The molecule has 0 radical (unpaired) electrons. The molecule has 1 aromatic heterocycles. The van der Waals surface area contributed by atoms with E-state index < -0.39 is 0 Å². The predicted molar refractivity (Wildman–Crippen MR) is 97.9 cm³/mol. The highest BCUT2D eigenvalue weighted by Crippen LogP contribution is 2.21. The number of anilines is 1. The molecule has 0 saturated carbocycles. The Balaban J connectivity index is 1.87. The number of hydrogen-bond acceptors (Lipinski definition) is 3. The highest BCUT2D eigenvalue weighted by atomic mass is 15.2. The van der Waals surface area contributed by atoms with E-state index in [1.165, 1.54) is 12.8 Å². The maximum Gasteiger partial charge on any atom is 0.191 e. The van der Waals surface area contributed by atoms with Crippen molar-refractivity contribution in [3.05, 3.63) is 23.9 Å². The second-order valence-electron chi connectivity index (χ2n) is 7.49. The Bertz CT molecular complexity index is 507. The van der Waals surface area contributed by atoms with E-state index >= 15 is 0 Å². The largest absolute Gasteiger partial charge is 0.357 e. The van der Waals surface area contributed by atoms with Gasteiger partial charge in [0.25, 0.3) is 0 Å². The lowest BCUT2D eigenvalue weighted by Gasteiger charge is -2.31. The van der Waals surface area contributed by atoms with Crippen LogP contribution in [0.2, 0.25) is 0 Å². The highest BCUT2D eigenvalue weighted by molar-refractivity contribution is 5.80. The lowest BCUT2D eigenvalue weighted by atomic mass is 9.99. The van der Waals surface area contributed by atoms with Crippen molar-refractivity contribution >= 4 is 11.8 Å². The lowest BCUT2D eigenvalue weighted by molar-refractivity contribution is 0.436. The lowest BCUT2D eigenvalue weighted by Crippen LogP contribution is -2.47. The molecular formula is C18H31N5. The van der Waals surface area contributed by atoms with Crippen molar-refractivity contribution in [1.82, 2.24) is 15.6 Å². The van der Waals surface area contributed by atoms with Crippen LogP contribution in [0.5, 0.6) is 0 Å². The fraction of sp³-hybridized carbons (Fsp3) is 0.667. The molecule has 1 aliphatic heterocycles. The van der Waals surface area contributed by atoms with E-state index in [2.05, 4.69) is 65.3 Å². The normalized spacial score (nSPS) is 17.3. The van der Waals surface area contributed by atoms with Crippen LogP contribution in [0.25, 0.3) is 0 Å². The summed E-state index contributed by atoms with van der Waals surface area (Å²) in [6.45, 7) is 11.7. The van der Waals surface area contributed by atoms with Crippen molar-refractivity contribution < 1.29 is 0 Å². The fourth-order valence-electron chi connectivity index (χ4n) is 2.67. The molecule has 0 aliphatic carbocycles. The SMILES string of the molecule is CN=C(NCc1ccc(N2CCC(C)CC2)nc1)NC(C)(C)C. The maximum atomic E-state index is 4.63. The first-order valence-electron chi connectivity index (χ1n) is 8.56. The van der Waals surface area contributed by atoms with Gasteiger partial charge in [0.2, 0.25) is 0 Å². The van der Waals surface area contributed by atoms with Crippen molar-refractivity contribution in [2.45, 2.75) is 52.6 Å². The number of hydrogen-bond donors (Lipinski definition) is 2. The van der Waals surface area contributed by atoms with Crippen molar-refractivity contribution in [2.75, 3.05) is 25.0 Å². The standard InChI is InChI=1S/C18H31N5/c1-14-8-10-23(11-9-14)16-7-6-15(12-20-16)13-21-17(19-5)22-18(2,3)4/h6-7,12,14H,8-11,13H2,1-5H3,(H2,19,21,22). The summed E-state index contributed by atoms with van der Waals surface area (Å²) in [6.07, 6.45) is 4.49. The molecule has 0 bridgehead atoms. The van der Waals surface area contributed by atoms with E-state index in [0.29, 0.717) is 0 Å². The topological polar surface area (TPSA) is 52.6 Å². The first-order valence-corrected chi connectivity index (χ1v) is 8.56. The Kier molecular flexibility index (Phi) is 5.85. The van der Waals surface area contributed by atoms with Crippen LogP contribution in [0, 0.1) is 5.92 Å². The maximum absolute atomic E-state index is 4.63. The molecule has 5 nitrogen and oxygen atoms in total. The average Bonchev–Trinajstić information content (AvgIpc) is 2.52. The first kappa shape index (κ1) is 17.6. The molecular weight excluding hydrogens is 286 g/mol. The van der Waals surface area contributed by atoms with Crippen LogP contribution in [0.3, 0.4) is 0 Å². The highest BCUT2D eigenvalue weighted by Gasteiger charge is 2.16. The Morgan fingerprint density at radius 2 is 2.00 bits per heavy atom. The number of piperidine rings is 1. The molecule has 0 spiro atoms. The summed E-state index contributed by atoms with van der Waals surface area (Å²) < 4.78 is 0. The van der Waals surface area contributed by atoms with Crippen LogP contribution in [0.4, 0.5) is 5.82 Å².